The van der Waals surface area contributed by atoms with Crippen LogP contribution in [0.1, 0.15) is 0 Å². The first-order valence-corrected chi connectivity index (χ1v) is 4.00. The van der Waals surface area contributed by atoms with E-state index in [1.165, 1.54) is 0 Å². The first kappa shape index (κ1) is 7.35. The zero-order valence-electron chi connectivity index (χ0n) is 5.92. The summed E-state index contributed by atoms with van der Waals surface area (Å²) in [5.41, 5.74) is 0. The second-order valence-corrected chi connectivity index (χ2v) is 2.73. The highest BCUT2D eigenvalue weighted by atomic mass is 79.9. The van der Waals surface area contributed by atoms with E-state index in [2.05, 4.69) is 36.1 Å². The summed E-state index contributed by atoms with van der Waals surface area (Å²) >= 11 is 3.21. The molecule has 6 heteroatoms. The molecule has 0 aliphatic rings. The lowest BCUT2D eigenvalue weighted by molar-refractivity contribution is 0.901. The van der Waals surface area contributed by atoms with Crippen LogP contribution < -0.4 is 0 Å². The van der Waals surface area contributed by atoms with Crippen LogP contribution in [0.2, 0.25) is 0 Å². The van der Waals surface area contributed by atoms with Crippen LogP contribution in [0.4, 0.5) is 0 Å². The monoisotopic (exact) mass is 225 g/mol. The first-order valence-electron chi connectivity index (χ1n) is 3.21. The second-order valence-electron chi connectivity index (χ2n) is 2.02. The first-order chi connectivity index (χ1) is 5.88. The predicted octanol–water partition coefficient (Wildman–Crippen LogP) is 0.820. The van der Waals surface area contributed by atoms with Crippen LogP contribution in [-0.4, -0.2) is 24.7 Å². The molecule has 2 rings (SSSR count). The van der Waals surface area contributed by atoms with E-state index in [0.29, 0.717) is 10.7 Å². The van der Waals surface area contributed by atoms with Gasteiger partial charge in [-0.2, -0.15) is 0 Å². The molecule has 12 heavy (non-hydrogen) atoms. The lowest BCUT2D eigenvalue weighted by Gasteiger charge is -1.97. The van der Waals surface area contributed by atoms with E-state index in [1.807, 2.05) is 0 Å². The van der Waals surface area contributed by atoms with Crippen molar-refractivity contribution < 1.29 is 0 Å². The molecular weight excluding hydrogens is 222 g/mol. The van der Waals surface area contributed by atoms with Gasteiger partial charge in [-0.3, -0.25) is 0 Å². The Morgan fingerprint density at radius 2 is 2.00 bits per heavy atom. The Balaban J connectivity index is 2.51. The van der Waals surface area contributed by atoms with Crippen molar-refractivity contribution in [2.45, 2.75) is 0 Å². The van der Waals surface area contributed by atoms with Crippen LogP contribution in [0.15, 0.2) is 29.5 Å². The van der Waals surface area contributed by atoms with Gasteiger partial charge in [0, 0.05) is 12.4 Å². The van der Waals surface area contributed by atoms with Crippen molar-refractivity contribution >= 4 is 15.9 Å². The zero-order chi connectivity index (χ0) is 8.39. The van der Waals surface area contributed by atoms with Gasteiger partial charge in [0.1, 0.15) is 6.33 Å². The molecule has 0 atom stereocenters. The molecule has 0 aliphatic heterocycles. The molecule has 0 saturated carbocycles. The van der Waals surface area contributed by atoms with Gasteiger partial charge >= 0.3 is 0 Å². The summed E-state index contributed by atoms with van der Waals surface area (Å²) < 4.78 is 2.23. The summed E-state index contributed by atoms with van der Waals surface area (Å²) in [4.78, 5) is 8.05. The summed E-state index contributed by atoms with van der Waals surface area (Å²) in [7, 11) is 0. The van der Waals surface area contributed by atoms with Crippen molar-refractivity contribution in [2.24, 2.45) is 0 Å². The van der Waals surface area contributed by atoms with E-state index in [4.69, 9.17) is 0 Å². The number of hydrogen-bond donors (Lipinski definition) is 0. The van der Waals surface area contributed by atoms with Gasteiger partial charge in [0.2, 0.25) is 10.7 Å². The van der Waals surface area contributed by atoms with Crippen molar-refractivity contribution in [2.75, 3.05) is 0 Å². The highest BCUT2D eigenvalue weighted by molar-refractivity contribution is 9.10. The maximum atomic E-state index is 4.02. The third-order valence-electron chi connectivity index (χ3n) is 1.27. The van der Waals surface area contributed by atoms with Gasteiger partial charge in [0.25, 0.3) is 0 Å². The fourth-order valence-corrected chi connectivity index (χ4v) is 1.11. The molecule has 2 aromatic rings. The number of nitrogens with zero attached hydrogens (tertiary/aromatic N) is 5. The van der Waals surface area contributed by atoms with E-state index in [1.54, 1.807) is 29.4 Å². The maximum absolute atomic E-state index is 4.02. The Kier molecular flexibility index (Phi) is 1.83. The quantitative estimate of drug-likeness (QED) is 0.722. The number of aromatic nitrogens is 5. The van der Waals surface area contributed by atoms with Crippen LogP contribution in [0.5, 0.6) is 0 Å². The molecule has 0 saturated heterocycles. The van der Waals surface area contributed by atoms with Gasteiger partial charge in [-0.1, -0.05) is 0 Å². The Hall–Kier alpha value is -1.30. The Morgan fingerprint density at radius 3 is 2.58 bits per heavy atom. The lowest BCUT2D eigenvalue weighted by atomic mass is 10.7. The Bertz CT molecular complexity index is 370. The fourth-order valence-electron chi connectivity index (χ4n) is 0.771. The molecule has 0 fully saturated rings. The molecule has 0 bridgehead atoms. The molecule has 0 radical (unpaired) electrons. The van der Waals surface area contributed by atoms with Crippen molar-refractivity contribution in [3.8, 4) is 5.95 Å². The highest BCUT2D eigenvalue weighted by Gasteiger charge is 2.03. The summed E-state index contributed by atoms with van der Waals surface area (Å²) in [6, 6.07) is 1.75. The van der Waals surface area contributed by atoms with Gasteiger partial charge in [0.05, 0.1) is 0 Å². The smallest absolute Gasteiger partial charge is 0.237 e. The standard InChI is InChI=1S/C6H4BrN5/c7-5-11-10-4-12(5)6-8-2-1-3-9-6/h1-4H. The van der Waals surface area contributed by atoms with Crippen molar-refractivity contribution in [3.05, 3.63) is 29.5 Å². The van der Waals surface area contributed by atoms with Gasteiger partial charge in [0.15, 0.2) is 0 Å². The number of hydrogen-bond acceptors (Lipinski definition) is 4. The minimum Gasteiger partial charge on any atom is -0.243 e. The van der Waals surface area contributed by atoms with Gasteiger partial charge in [-0.25, -0.2) is 14.5 Å². The van der Waals surface area contributed by atoms with Crippen molar-refractivity contribution in [1.29, 1.82) is 0 Å². The van der Waals surface area contributed by atoms with Crippen molar-refractivity contribution in [3.63, 3.8) is 0 Å². The van der Waals surface area contributed by atoms with Gasteiger partial charge in [-0.05, 0) is 22.0 Å². The summed E-state index contributed by atoms with van der Waals surface area (Å²) in [5, 5.41) is 7.43. The van der Waals surface area contributed by atoms with Crippen LogP contribution in [0.3, 0.4) is 0 Å². The van der Waals surface area contributed by atoms with Crippen LogP contribution in [0, 0.1) is 0 Å². The molecule has 0 amide bonds. The second kappa shape index (κ2) is 2.98. The highest BCUT2D eigenvalue weighted by Crippen LogP contribution is 2.07. The summed E-state index contributed by atoms with van der Waals surface area (Å²) in [5.74, 6) is 0.550. The molecule has 0 spiro atoms. The Labute approximate surface area is 76.6 Å². The summed E-state index contributed by atoms with van der Waals surface area (Å²) in [6.07, 6.45) is 4.86. The maximum Gasteiger partial charge on any atom is 0.237 e. The molecule has 0 aliphatic carbocycles. The molecule has 2 aromatic heterocycles. The van der Waals surface area contributed by atoms with Crippen LogP contribution >= 0.6 is 15.9 Å². The number of rotatable bonds is 1. The Morgan fingerprint density at radius 1 is 1.25 bits per heavy atom. The molecule has 5 nitrogen and oxygen atoms in total. The fraction of sp³-hybridized carbons (Fsp3) is 0. The molecule has 2 heterocycles. The van der Waals surface area contributed by atoms with Gasteiger partial charge in [-0.15, -0.1) is 10.2 Å². The molecule has 60 valence electrons. The third kappa shape index (κ3) is 1.20. The van der Waals surface area contributed by atoms with E-state index in [0.717, 1.165) is 0 Å². The number of halogens is 1. The van der Waals surface area contributed by atoms with E-state index in [-0.39, 0.29) is 0 Å². The summed E-state index contributed by atoms with van der Waals surface area (Å²) in [6.45, 7) is 0. The molecule has 0 unspecified atom stereocenters. The third-order valence-corrected chi connectivity index (χ3v) is 1.81. The molecule has 0 N–H and O–H groups in total. The normalized spacial score (nSPS) is 10.1. The lowest BCUT2D eigenvalue weighted by Crippen LogP contribution is -1.98. The minimum atomic E-state index is 0.550. The average Bonchev–Trinajstić information content (AvgIpc) is 2.53. The van der Waals surface area contributed by atoms with E-state index in [9.17, 15) is 0 Å². The average molecular weight is 226 g/mol. The largest absolute Gasteiger partial charge is 0.243 e. The zero-order valence-corrected chi connectivity index (χ0v) is 7.51. The molecule has 0 aromatic carbocycles. The van der Waals surface area contributed by atoms with E-state index < -0.39 is 0 Å². The topological polar surface area (TPSA) is 56.5 Å². The van der Waals surface area contributed by atoms with Crippen molar-refractivity contribution in [1.82, 2.24) is 24.7 Å². The van der Waals surface area contributed by atoms with Crippen LogP contribution in [0.25, 0.3) is 5.95 Å². The van der Waals surface area contributed by atoms with Crippen LogP contribution in [-0.2, 0) is 0 Å². The van der Waals surface area contributed by atoms with E-state index >= 15 is 0 Å². The SMILES string of the molecule is Brc1nncn1-c1ncccn1. The van der Waals surface area contributed by atoms with Gasteiger partial charge < -0.3 is 0 Å². The predicted molar refractivity (Wildman–Crippen MR) is 44.6 cm³/mol. The molecular formula is C6H4BrN5. The minimum absolute atomic E-state index is 0.550.